The minimum absolute atomic E-state index is 0.265. The van der Waals surface area contributed by atoms with E-state index in [9.17, 15) is 9.59 Å². The summed E-state index contributed by atoms with van der Waals surface area (Å²) in [5, 5.41) is 12.7. The fraction of sp³-hybridized carbons (Fsp3) is 0.600. The molecule has 1 aromatic heterocycles. The zero-order chi connectivity index (χ0) is 14.0. The number of nitrogens with one attached hydrogen (secondary N) is 1. The van der Waals surface area contributed by atoms with Gasteiger partial charge in [0.2, 0.25) is 0 Å². The lowest BCUT2D eigenvalue weighted by Crippen LogP contribution is -2.33. The van der Waals surface area contributed by atoms with Crippen molar-refractivity contribution >= 4 is 0 Å². The van der Waals surface area contributed by atoms with Crippen LogP contribution in [-0.4, -0.2) is 33.4 Å². The van der Waals surface area contributed by atoms with E-state index in [1.165, 1.54) is 10.8 Å². The third-order valence-electron chi connectivity index (χ3n) is 3.04. The number of rotatable bonds is 3. The summed E-state index contributed by atoms with van der Waals surface area (Å²) in [4.78, 5) is 27.8. The van der Waals surface area contributed by atoms with E-state index >= 15 is 0 Å². The molecule has 0 aliphatic carbocycles. The second-order valence-corrected chi connectivity index (χ2v) is 4.30. The van der Waals surface area contributed by atoms with Gasteiger partial charge in [-0.3, -0.25) is 14.3 Å². The molecule has 0 aromatic carbocycles. The molecule has 102 valence electrons. The molecular weight excluding hydrogens is 254 g/mol. The van der Waals surface area contributed by atoms with Gasteiger partial charge in [-0.05, 0) is 12.5 Å². The number of aliphatic hydroxyl groups is 1. The monoisotopic (exact) mass is 267 g/mol. The maximum Gasteiger partial charge on any atom is 0.330 e. The third-order valence-corrected chi connectivity index (χ3v) is 3.04. The van der Waals surface area contributed by atoms with Gasteiger partial charge >= 0.3 is 5.69 Å². The number of ether oxygens (including phenoxy) is 1. The van der Waals surface area contributed by atoms with Crippen molar-refractivity contribution in [3.05, 3.63) is 43.0 Å². The van der Waals surface area contributed by atoms with Crippen LogP contribution in [0.1, 0.15) is 18.2 Å². The number of hydrogen-bond acceptors (Lipinski definition) is 5. The minimum atomic E-state index is -0.671. The van der Waals surface area contributed by atoms with E-state index < -0.39 is 29.6 Å². The molecule has 1 fully saturated rings. The van der Waals surface area contributed by atoms with Crippen LogP contribution >= 0.6 is 0 Å². The highest BCUT2D eigenvalue weighted by Gasteiger charge is 2.35. The van der Waals surface area contributed by atoms with Crippen LogP contribution in [0.15, 0.2) is 20.9 Å². The summed E-state index contributed by atoms with van der Waals surface area (Å²) in [6.45, 7) is 1.26. The maximum atomic E-state index is 11.7. The van der Waals surface area contributed by atoms with Gasteiger partial charge in [0, 0.05) is 23.1 Å². The molecule has 9 nitrogen and oxygen atoms in total. The Balaban J connectivity index is 2.34. The largest absolute Gasteiger partial charge is 0.394 e. The standard InChI is InChI=1S/C10H13N5O4/c1-5-3-15(10(18)12-9(5)17)8-2-6(13-14-11)7(4-16)19-8/h3,6-8,16H,2,4H2,1H3,(H,12,17,18)/t6?,7?,8-/m1/s1. The number of nitrogens with zero attached hydrogens (tertiary/aromatic N) is 4. The third kappa shape index (κ3) is 2.53. The predicted molar refractivity (Wildman–Crippen MR) is 64.6 cm³/mol. The highest BCUT2D eigenvalue weighted by atomic mass is 16.5. The lowest BCUT2D eigenvalue weighted by molar-refractivity contribution is -0.0271. The topological polar surface area (TPSA) is 133 Å². The van der Waals surface area contributed by atoms with Gasteiger partial charge in [0.25, 0.3) is 5.56 Å². The Morgan fingerprint density at radius 3 is 3.05 bits per heavy atom. The first-order valence-corrected chi connectivity index (χ1v) is 5.69. The van der Waals surface area contributed by atoms with Gasteiger partial charge in [0.05, 0.1) is 18.8 Å². The molecule has 2 unspecified atom stereocenters. The fourth-order valence-corrected chi connectivity index (χ4v) is 2.04. The molecule has 0 radical (unpaired) electrons. The summed E-state index contributed by atoms with van der Waals surface area (Å²) < 4.78 is 6.69. The number of aryl methyl sites for hydroxylation is 1. The van der Waals surface area contributed by atoms with Crippen LogP contribution in [0.3, 0.4) is 0 Å². The van der Waals surface area contributed by atoms with Gasteiger partial charge in [0.15, 0.2) is 0 Å². The van der Waals surface area contributed by atoms with Crippen molar-refractivity contribution in [2.45, 2.75) is 31.7 Å². The molecule has 0 amide bonds. The second-order valence-electron chi connectivity index (χ2n) is 4.30. The molecule has 0 saturated carbocycles. The lowest BCUT2D eigenvalue weighted by atomic mass is 10.1. The Morgan fingerprint density at radius 1 is 1.68 bits per heavy atom. The van der Waals surface area contributed by atoms with Gasteiger partial charge in [-0.25, -0.2) is 4.79 Å². The molecule has 1 aromatic rings. The van der Waals surface area contributed by atoms with E-state index in [2.05, 4.69) is 15.0 Å². The van der Waals surface area contributed by atoms with E-state index in [0.717, 1.165) is 0 Å². The van der Waals surface area contributed by atoms with Crippen molar-refractivity contribution in [2.24, 2.45) is 5.11 Å². The predicted octanol–water partition coefficient (Wildman–Crippen LogP) is -0.196. The van der Waals surface area contributed by atoms with Crippen LogP contribution in [0.5, 0.6) is 0 Å². The van der Waals surface area contributed by atoms with Crippen molar-refractivity contribution in [1.82, 2.24) is 9.55 Å². The first-order chi connectivity index (χ1) is 9.06. The second kappa shape index (κ2) is 5.27. The van der Waals surface area contributed by atoms with Gasteiger partial charge in [-0.2, -0.15) is 0 Å². The number of azide groups is 1. The molecule has 2 N–H and O–H groups in total. The molecule has 1 aliphatic rings. The molecular formula is C10H13N5O4. The Kier molecular flexibility index (Phi) is 3.70. The van der Waals surface area contributed by atoms with Crippen molar-refractivity contribution < 1.29 is 9.84 Å². The highest BCUT2D eigenvalue weighted by molar-refractivity contribution is 5.02. The van der Waals surface area contributed by atoms with Gasteiger partial charge in [-0.1, -0.05) is 5.11 Å². The summed E-state index contributed by atoms with van der Waals surface area (Å²) in [7, 11) is 0. The Hall–Kier alpha value is -2.09. The zero-order valence-electron chi connectivity index (χ0n) is 10.2. The summed E-state index contributed by atoms with van der Waals surface area (Å²) >= 11 is 0. The summed E-state index contributed by atoms with van der Waals surface area (Å²) in [5.74, 6) is 0. The quantitative estimate of drug-likeness (QED) is 0.445. The average molecular weight is 267 g/mol. The van der Waals surface area contributed by atoms with Gasteiger partial charge in [-0.15, -0.1) is 0 Å². The Morgan fingerprint density at radius 2 is 2.42 bits per heavy atom. The number of hydrogen-bond donors (Lipinski definition) is 2. The Labute approximate surface area is 107 Å². The van der Waals surface area contributed by atoms with Crippen molar-refractivity contribution in [2.75, 3.05) is 6.61 Å². The molecule has 2 heterocycles. The van der Waals surface area contributed by atoms with E-state index in [1.54, 1.807) is 6.92 Å². The van der Waals surface area contributed by atoms with Crippen molar-refractivity contribution in [1.29, 1.82) is 0 Å². The molecule has 2 rings (SSSR count). The normalized spacial score (nSPS) is 26.1. The average Bonchev–Trinajstić information content (AvgIpc) is 2.77. The zero-order valence-corrected chi connectivity index (χ0v) is 10.2. The molecule has 19 heavy (non-hydrogen) atoms. The highest BCUT2D eigenvalue weighted by Crippen LogP contribution is 2.29. The molecule has 9 heteroatoms. The van der Waals surface area contributed by atoms with E-state index in [0.29, 0.717) is 5.56 Å². The van der Waals surface area contributed by atoms with Crippen LogP contribution in [0.25, 0.3) is 10.4 Å². The van der Waals surface area contributed by atoms with Crippen LogP contribution in [0.4, 0.5) is 0 Å². The number of aromatic amines is 1. The lowest BCUT2D eigenvalue weighted by Gasteiger charge is -2.14. The molecule has 3 atom stereocenters. The SMILES string of the molecule is Cc1cn([C@H]2CC(N=[N+]=[N-])C(CO)O2)c(=O)[nH]c1=O. The van der Waals surface area contributed by atoms with Crippen molar-refractivity contribution in [3.63, 3.8) is 0 Å². The van der Waals surface area contributed by atoms with E-state index in [1.807, 2.05) is 0 Å². The van der Waals surface area contributed by atoms with Gasteiger partial charge < -0.3 is 9.84 Å². The maximum absolute atomic E-state index is 11.7. The summed E-state index contributed by atoms with van der Waals surface area (Å²) in [5.41, 5.74) is 7.76. The number of H-pyrrole nitrogens is 1. The molecule has 0 spiro atoms. The first kappa shape index (κ1) is 13.3. The molecule has 1 saturated heterocycles. The Bertz CT molecular complexity index is 630. The minimum Gasteiger partial charge on any atom is -0.394 e. The van der Waals surface area contributed by atoms with Gasteiger partial charge in [0.1, 0.15) is 6.23 Å². The van der Waals surface area contributed by atoms with E-state index in [-0.39, 0.29) is 13.0 Å². The van der Waals surface area contributed by atoms with Crippen molar-refractivity contribution in [3.8, 4) is 0 Å². The number of aliphatic hydroxyl groups excluding tert-OH is 1. The molecule has 1 aliphatic heterocycles. The summed E-state index contributed by atoms with van der Waals surface area (Å²) in [6.07, 6.45) is 0.329. The first-order valence-electron chi connectivity index (χ1n) is 5.69. The van der Waals surface area contributed by atoms with Crippen LogP contribution < -0.4 is 11.2 Å². The summed E-state index contributed by atoms with van der Waals surface area (Å²) in [6, 6.07) is -0.542. The smallest absolute Gasteiger partial charge is 0.330 e. The number of aromatic nitrogens is 2. The fourth-order valence-electron chi connectivity index (χ4n) is 2.04. The molecule has 0 bridgehead atoms. The van der Waals surface area contributed by atoms with Crippen LogP contribution in [0, 0.1) is 6.92 Å². The van der Waals surface area contributed by atoms with Crippen LogP contribution in [0.2, 0.25) is 0 Å². The van der Waals surface area contributed by atoms with Crippen LogP contribution in [-0.2, 0) is 4.74 Å². The van der Waals surface area contributed by atoms with E-state index in [4.69, 9.17) is 15.4 Å².